The van der Waals surface area contributed by atoms with Gasteiger partial charge in [0.1, 0.15) is 5.69 Å². The van der Waals surface area contributed by atoms with Gasteiger partial charge >= 0.3 is 0 Å². The highest BCUT2D eigenvalue weighted by molar-refractivity contribution is 6.04. The van der Waals surface area contributed by atoms with Gasteiger partial charge in [0.15, 0.2) is 5.78 Å². The van der Waals surface area contributed by atoms with Gasteiger partial charge in [0.25, 0.3) is 5.91 Å². The third-order valence-corrected chi connectivity index (χ3v) is 5.42. The summed E-state index contributed by atoms with van der Waals surface area (Å²) in [7, 11) is 0. The molecule has 1 aromatic rings. The average Bonchev–Trinajstić information content (AvgIpc) is 2.91. The van der Waals surface area contributed by atoms with Crippen LogP contribution in [0.1, 0.15) is 77.6 Å². The summed E-state index contributed by atoms with van der Waals surface area (Å²) in [6.45, 7) is 5.14. The number of carbonyl (C=O) groups is 2. The van der Waals surface area contributed by atoms with E-state index >= 15 is 0 Å². The lowest BCUT2D eigenvalue weighted by atomic mass is 9.88. The number of rotatable bonds is 5. The minimum Gasteiger partial charge on any atom is -0.376 e. The zero-order valence-corrected chi connectivity index (χ0v) is 14.7. The first-order valence-electron chi connectivity index (χ1n) is 9.22. The number of nitrogens with one attached hydrogen (secondary N) is 2. The molecule has 3 rings (SSSR count). The van der Waals surface area contributed by atoms with Gasteiger partial charge in [0.2, 0.25) is 0 Å². The van der Waals surface area contributed by atoms with Crippen LogP contribution in [0.4, 0.5) is 0 Å². The highest BCUT2D eigenvalue weighted by Gasteiger charge is 2.26. The fourth-order valence-corrected chi connectivity index (χ4v) is 3.99. The molecule has 132 valence electrons. The Bertz CT molecular complexity index is 620. The summed E-state index contributed by atoms with van der Waals surface area (Å²) in [5.41, 5.74) is 2.97. The first-order valence-corrected chi connectivity index (χ1v) is 9.22. The number of aryl methyl sites for hydroxylation is 1. The number of fused-ring (bicyclic) bond motifs is 1. The molecule has 2 aliphatic carbocycles. The summed E-state index contributed by atoms with van der Waals surface area (Å²) in [6, 6.07) is 0. The van der Waals surface area contributed by atoms with Crippen LogP contribution in [0.3, 0.4) is 0 Å². The number of hydrogen-bond acceptors (Lipinski definition) is 3. The van der Waals surface area contributed by atoms with Gasteiger partial charge in [-0.25, -0.2) is 0 Å². The van der Waals surface area contributed by atoms with Crippen molar-refractivity contribution in [3.8, 4) is 0 Å². The van der Waals surface area contributed by atoms with Crippen LogP contribution in [0.25, 0.3) is 0 Å². The molecule has 0 aromatic carbocycles. The molecule has 0 spiro atoms. The SMILES string of the molecule is Cc1c(C(=O)NCCOC2CCCCC2C)[nH]c2c1C(=O)CCC2. The second-order valence-corrected chi connectivity index (χ2v) is 7.18. The predicted molar refractivity (Wildman–Crippen MR) is 92.5 cm³/mol. The average molecular weight is 332 g/mol. The fraction of sp³-hybridized carbons (Fsp3) is 0.684. The first kappa shape index (κ1) is 17.2. The van der Waals surface area contributed by atoms with E-state index in [2.05, 4.69) is 17.2 Å². The van der Waals surface area contributed by atoms with Crippen molar-refractivity contribution < 1.29 is 14.3 Å². The van der Waals surface area contributed by atoms with Gasteiger partial charge in [-0.15, -0.1) is 0 Å². The van der Waals surface area contributed by atoms with Crippen LogP contribution in [-0.2, 0) is 11.2 Å². The largest absolute Gasteiger partial charge is 0.376 e. The Labute approximate surface area is 143 Å². The molecule has 0 radical (unpaired) electrons. The Balaban J connectivity index is 1.51. The Morgan fingerprint density at radius 1 is 1.25 bits per heavy atom. The van der Waals surface area contributed by atoms with Crippen LogP contribution >= 0.6 is 0 Å². The van der Waals surface area contributed by atoms with Crippen LogP contribution in [-0.4, -0.2) is 35.9 Å². The lowest BCUT2D eigenvalue weighted by Crippen LogP contribution is -2.32. The molecule has 0 saturated heterocycles. The number of Topliss-reactive ketones (excluding diaryl/α,β-unsaturated/α-hetero) is 1. The van der Waals surface area contributed by atoms with Crippen molar-refractivity contribution in [1.82, 2.24) is 10.3 Å². The topological polar surface area (TPSA) is 71.2 Å². The van der Waals surface area contributed by atoms with Crippen LogP contribution in [0.2, 0.25) is 0 Å². The second kappa shape index (κ2) is 7.51. The van der Waals surface area contributed by atoms with Gasteiger partial charge in [0, 0.05) is 24.2 Å². The van der Waals surface area contributed by atoms with E-state index in [-0.39, 0.29) is 11.7 Å². The lowest BCUT2D eigenvalue weighted by molar-refractivity contribution is -0.00295. The number of carbonyl (C=O) groups excluding carboxylic acids is 2. The number of H-pyrrole nitrogens is 1. The second-order valence-electron chi connectivity index (χ2n) is 7.18. The molecular weight excluding hydrogens is 304 g/mol. The van der Waals surface area contributed by atoms with E-state index in [1.807, 2.05) is 6.92 Å². The molecule has 0 bridgehead atoms. The highest BCUT2D eigenvalue weighted by atomic mass is 16.5. The number of amides is 1. The molecule has 2 aliphatic rings. The van der Waals surface area contributed by atoms with Crippen molar-refractivity contribution in [2.24, 2.45) is 5.92 Å². The van der Waals surface area contributed by atoms with Gasteiger partial charge in [-0.2, -0.15) is 0 Å². The molecule has 2 unspecified atom stereocenters. The Hall–Kier alpha value is -1.62. The van der Waals surface area contributed by atoms with Crippen molar-refractivity contribution in [1.29, 1.82) is 0 Å². The van der Waals surface area contributed by atoms with E-state index in [4.69, 9.17) is 4.74 Å². The highest BCUT2D eigenvalue weighted by Crippen LogP contribution is 2.27. The maximum Gasteiger partial charge on any atom is 0.268 e. The summed E-state index contributed by atoms with van der Waals surface area (Å²) in [5, 5.41) is 2.91. The molecule has 1 heterocycles. The monoisotopic (exact) mass is 332 g/mol. The van der Waals surface area contributed by atoms with Crippen LogP contribution in [0.15, 0.2) is 0 Å². The fourth-order valence-electron chi connectivity index (χ4n) is 3.99. The summed E-state index contributed by atoms with van der Waals surface area (Å²) in [5.74, 6) is 0.617. The molecule has 2 atom stereocenters. The van der Waals surface area contributed by atoms with Gasteiger partial charge in [-0.3, -0.25) is 9.59 Å². The minimum absolute atomic E-state index is 0.144. The van der Waals surface area contributed by atoms with E-state index in [0.29, 0.717) is 37.3 Å². The zero-order chi connectivity index (χ0) is 17.1. The summed E-state index contributed by atoms with van der Waals surface area (Å²) in [6.07, 6.45) is 7.51. The summed E-state index contributed by atoms with van der Waals surface area (Å²) in [4.78, 5) is 27.6. The van der Waals surface area contributed by atoms with Gasteiger partial charge < -0.3 is 15.0 Å². The number of aromatic nitrogens is 1. The van der Waals surface area contributed by atoms with E-state index in [1.165, 1.54) is 19.3 Å². The van der Waals surface area contributed by atoms with Crippen LogP contribution < -0.4 is 5.32 Å². The molecule has 24 heavy (non-hydrogen) atoms. The van der Waals surface area contributed by atoms with Gasteiger partial charge in [-0.05, 0) is 44.1 Å². The first-order chi connectivity index (χ1) is 11.6. The summed E-state index contributed by atoms with van der Waals surface area (Å²) < 4.78 is 5.93. The van der Waals surface area contributed by atoms with Crippen molar-refractivity contribution in [2.75, 3.05) is 13.2 Å². The lowest BCUT2D eigenvalue weighted by Gasteiger charge is -2.28. The Morgan fingerprint density at radius 2 is 2.04 bits per heavy atom. The Kier molecular flexibility index (Phi) is 5.39. The molecule has 5 heteroatoms. The van der Waals surface area contributed by atoms with E-state index in [0.717, 1.165) is 36.1 Å². The quantitative estimate of drug-likeness (QED) is 0.814. The van der Waals surface area contributed by atoms with Crippen molar-refractivity contribution in [2.45, 2.75) is 64.9 Å². The smallest absolute Gasteiger partial charge is 0.268 e. The summed E-state index contributed by atoms with van der Waals surface area (Å²) >= 11 is 0. The van der Waals surface area contributed by atoms with Gasteiger partial charge in [-0.1, -0.05) is 19.8 Å². The minimum atomic E-state index is -0.144. The van der Waals surface area contributed by atoms with E-state index in [1.54, 1.807) is 0 Å². The molecular formula is C19H28N2O3. The van der Waals surface area contributed by atoms with Crippen molar-refractivity contribution in [3.05, 3.63) is 22.5 Å². The number of ether oxygens (including phenoxy) is 1. The number of ketones is 1. The third-order valence-electron chi connectivity index (χ3n) is 5.42. The third kappa shape index (κ3) is 3.56. The number of aromatic amines is 1. The Morgan fingerprint density at radius 3 is 2.79 bits per heavy atom. The van der Waals surface area contributed by atoms with Crippen molar-refractivity contribution in [3.63, 3.8) is 0 Å². The molecule has 5 nitrogen and oxygen atoms in total. The normalized spacial score (nSPS) is 23.8. The predicted octanol–water partition coefficient (Wildman–Crippen LogP) is 3.17. The van der Waals surface area contributed by atoms with E-state index < -0.39 is 0 Å². The molecule has 0 aliphatic heterocycles. The molecule has 1 saturated carbocycles. The molecule has 1 fully saturated rings. The maximum absolute atomic E-state index is 12.4. The molecule has 2 N–H and O–H groups in total. The van der Waals surface area contributed by atoms with Gasteiger partial charge in [0.05, 0.1) is 12.7 Å². The van der Waals surface area contributed by atoms with Crippen molar-refractivity contribution >= 4 is 11.7 Å². The molecule has 1 aromatic heterocycles. The maximum atomic E-state index is 12.4. The molecule has 1 amide bonds. The van der Waals surface area contributed by atoms with Crippen LogP contribution in [0.5, 0.6) is 0 Å². The standard InChI is InChI=1S/C19H28N2O3/c1-12-6-3-4-9-16(12)24-11-10-20-19(23)18-13(2)17-14(21-18)7-5-8-15(17)22/h12,16,21H,3-11H2,1-2H3,(H,20,23). The zero-order valence-electron chi connectivity index (χ0n) is 14.7. The van der Waals surface area contributed by atoms with E-state index in [9.17, 15) is 9.59 Å². The van der Waals surface area contributed by atoms with Crippen LogP contribution in [0, 0.1) is 12.8 Å². The number of hydrogen-bond donors (Lipinski definition) is 2.